The van der Waals surface area contributed by atoms with Crippen molar-refractivity contribution in [3.63, 3.8) is 0 Å². The quantitative estimate of drug-likeness (QED) is 0.699. The summed E-state index contributed by atoms with van der Waals surface area (Å²) >= 11 is 0. The van der Waals surface area contributed by atoms with Crippen molar-refractivity contribution in [3.05, 3.63) is 60.7 Å². The second kappa shape index (κ2) is 7.77. The van der Waals surface area contributed by atoms with Gasteiger partial charge in [0.2, 0.25) is 6.79 Å². The lowest BCUT2D eigenvalue weighted by Crippen LogP contribution is -2.36. The predicted molar refractivity (Wildman–Crippen MR) is 98.3 cm³/mol. The molecule has 1 aliphatic rings. The first-order chi connectivity index (χ1) is 13.3. The molecule has 4 rings (SSSR count). The normalized spacial score (nSPS) is 12.0. The van der Waals surface area contributed by atoms with E-state index in [1.54, 1.807) is 23.3 Å². The standard InChI is InChI=1S/C19H19N5O3/c25-19(22-10-14-1-2-17-18(9-14)27-13-26-17)21-7-8-24-12-16(11-23-24)15-3-5-20-6-4-15/h1-6,9,11-12H,7-8,10,13H2,(H2,21,22,25). The molecule has 3 heterocycles. The van der Waals surface area contributed by atoms with Crippen LogP contribution >= 0.6 is 0 Å². The van der Waals surface area contributed by atoms with Crippen LogP contribution in [-0.2, 0) is 13.1 Å². The molecule has 8 heteroatoms. The molecule has 0 bridgehead atoms. The van der Waals surface area contributed by atoms with E-state index in [-0.39, 0.29) is 12.8 Å². The first kappa shape index (κ1) is 16.9. The summed E-state index contributed by atoms with van der Waals surface area (Å²) in [6.07, 6.45) is 7.24. The Morgan fingerprint density at radius 3 is 2.81 bits per heavy atom. The first-order valence-corrected chi connectivity index (χ1v) is 8.61. The monoisotopic (exact) mass is 365 g/mol. The van der Waals surface area contributed by atoms with E-state index in [9.17, 15) is 4.79 Å². The third-order valence-electron chi connectivity index (χ3n) is 4.16. The van der Waals surface area contributed by atoms with E-state index < -0.39 is 0 Å². The SMILES string of the molecule is O=C(NCCn1cc(-c2ccncc2)cn1)NCc1ccc2c(c1)OCO2. The van der Waals surface area contributed by atoms with Crippen molar-refractivity contribution in [2.45, 2.75) is 13.1 Å². The Morgan fingerprint density at radius 1 is 1.07 bits per heavy atom. The van der Waals surface area contributed by atoms with Crippen LogP contribution in [0.4, 0.5) is 4.79 Å². The number of nitrogens with zero attached hydrogens (tertiary/aromatic N) is 3. The van der Waals surface area contributed by atoms with Crippen molar-refractivity contribution >= 4 is 6.03 Å². The second-order valence-corrected chi connectivity index (χ2v) is 6.03. The average Bonchev–Trinajstić information content (AvgIpc) is 3.36. The Balaban J connectivity index is 1.21. The summed E-state index contributed by atoms with van der Waals surface area (Å²) in [5.74, 6) is 1.44. The molecule has 8 nitrogen and oxygen atoms in total. The van der Waals surface area contributed by atoms with Gasteiger partial charge in [0.1, 0.15) is 0 Å². The summed E-state index contributed by atoms with van der Waals surface area (Å²) in [4.78, 5) is 16.0. The van der Waals surface area contributed by atoms with Gasteiger partial charge in [-0.1, -0.05) is 6.07 Å². The molecule has 0 aliphatic carbocycles. The number of pyridine rings is 1. The molecule has 3 aromatic rings. The van der Waals surface area contributed by atoms with Crippen molar-refractivity contribution in [2.75, 3.05) is 13.3 Å². The van der Waals surface area contributed by atoms with E-state index in [2.05, 4.69) is 20.7 Å². The molecule has 138 valence electrons. The zero-order valence-corrected chi connectivity index (χ0v) is 14.6. The van der Waals surface area contributed by atoms with Crippen LogP contribution in [0.25, 0.3) is 11.1 Å². The van der Waals surface area contributed by atoms with Crippen molar-refractivity contribution in [2.24, 2.45) is 0 Å². The van der Waals surface area contributed by atoms with Crippen LogP contribution in [0.2, 0.25) is 0 Å². The molecule has 2 aromatic heterocycles. The number of hydrogen-bond donors (Lipinski definition) is 2. The van der Waals surface area contributed by atoms with Gasteiger partial charge >= 0.3 is 6.03 Å². The average molecular weight is 365 g/mol. The highest BCUT2D eigenvalue weighted by atomic mass is 16.7. The highest BCUT2D eigenvalue weighted by Crippen LogP contribution is 2.32. The molecule has 0 saturated carbocycles. The van der Waals surface area contributed by atoms with Crippen molar-refractivity contribution in [1.82, 2.24) is 25.4 Å². The summed E-state index contributed by atoms with van der Waals surface area (Å²) in [6.45, 7) is 1.71. The molecule has 27 heavy (non-hydrogen) atoms. The number of carbonyl (C=O) groups is 1. The van der Waals surface area contributed by atoms with Gasteiger partial charge in [-0.15, -0.1) is 0 Å². The number of aromatic nitrogens is 3. The number of nitrogens with one attached hydrogen (secondary N) is 2. The van der Waals surface area contributed by atoms with E-state index in [4.69, 9.17) is 9.47 Å². The molecule has 2 amide bonds. The maximum absolute atomic E-state index is 12.0. The maximum Gasteiger partial charge on any atom is 0.315 e. The van der Waals surface area contributed by atoms with Crippen LogP contribution in [0.1, 0.15) is 5.56 Å². The largest absolute Gasteiger partial charge is 0.454 e. The van der Waals surface area contributed by atoms with Crippen LogP contribution < -0.4 is 20.1 Å². The number of rotatable bonds is 6. The summed E-state index contributed by atoms with van der Waals surface area (Å²) in [5.41, 5.74) is 3.03. The van der Waals surface area contributed by atoms with Crippen molar-refractivity contribution < 1.29 is 14.3 Å². The first-order valence-electron chi connectivity index (χ1n) is 8.61. The molecule has 0 unspecified atom stereocenters. The lowest BCUT2D eigenvalue weighted by Gasteiger charge is -2.08. The number of fused-ring (bicyclic) bond motifs is 1. The summed E-state index contributed by atoms with van der Waals surface area (Å²) in [7, 11) is 0. The van der Waals surface area contributed by atoms with Crippen LogP contribution in [-0.4, -0.2) is 34.1 Å². The van der Waals surface area contributed by atoms with E-state index in [1.165, 1.54) is 0 Å². The van der Waals surface area contributed by atoms with Crippen LogP contribution in [0.3, 0.4) is 0 Å². The molecular weight excluding hydrogens is 346 g/mol. The third kappa shape index (κ3) is 4.17. The molecule has 0 radical (unpaired) electrons. The molecular formula is C19H19N5O3. The van der Waals surface area contributed by atoms with Gasteiger partial charge in [0.05, 0.1) is 12.7 Å². The minimum absolute atomic E-state index is 0.228. The summed E-state index contributed by atoms with van der Waals surface area (Å²) < 4.78 is 12.4. The number of carbonyl (C=O) groups excluding carboxylic acids is 1. The van der Waals surface area contributed by atoms with Gasteiger partial charge in [-0.25, -0.2) is 4.79 Å². The number of hydrogen-bond acceptors (Lipinski definition) is 5. The van der Waals surface area contributed by atoms with Crippen molar-refractivity contribution in [1.29, 1.82) is 0 Å². The van der Waals surface area contributed by atoms with Gasteiger partial charge in [0, 0.05) is 37.2 Å². The number of amides is 2. The smallest absolute Gasteiger partial charge is 0.315 e. The number of benzene rings is 1. The molecule has 2 N–H and O–H groups in total. The third-order valence-corrected chi connectivity index (χ3v) is 4.16. The van der Waals surface area contributed by atoms with Gasteiger partial charge in [0.25, 0.3) is 0 Å². The van der Waals surface area contributed by atoms with Crippen LogP contribution in [0.5, 0.6) is 11.5 Å². The van der Waals surface area contributed by atoms with E-state index in [0.29, 0.717) is 25.4 Å². The minimum Gasteiger partial charge on any atom is -0.454 e. The molecule has 0 atom stereocenters. The Morgan fingerprint density at radius 2 is 1.93 bits per heavy atom. The minimum atomic E-state index is -0.228. The lowest BCUT2D eigenvalue weighted by atomic mass is 10.1. The van der Waals surface area contributed by atoms with E-state index in [0.717, 1.165) is 22.4 Å². The zero-order valence-electron chi connectivity index (χ0n) is 14.6. The van der Waals surface area contributed by atoms with Crippen molar-refractivity contribution in [3.8, 4) is 22.6 Å². The Bertz CT molecular complexity index is 926. The summed E-state index contributed by atoms with van der Waals surface area (Å²) in [6, 6.07) is 9.25. The van der Waals surface area contributed by atoms with Gasteiger partial charge in [-0.05, 0) is 35.4 Å². The van der Waals surface area contributed by atoms with Crippen LogP contribution in [0.15, 0.2) is 55.1 Å². The molecule has 0 fully saturated rings. The Kier molecular flexibility index (Phi) is 4.86. The van der Waals surface area contributed by atoms with Gasteiger partial charge < -0.3 is 20.1 Å². The highest BCUT2D eigenvalue weighted by Gasteiger charge is 2.13. The van der Waals surface area contributed by atoms with Gasteiger partial charge in [-0.3, -0.25) is 9.67 Å². The molecule has 0 saturated heterocycles. The lowest BCUT2D eigenvalue weighted by molar-refractivity contribution is 0.174. The molecule has 1 aromatic carbocycles. The fourth-order valence-corrected chi connectivity index (χ4v) is 2.76. The molecule has 1 aliphatic heterocycles. The topological polar surface area (TPSA) is 90.3 Å². The van der Waals surface area contributed by atoms with E-state index in [1.807, 2.05) is 36.5 Å². The molecule has 0 spiro atoms. The van der Waals surface area contributed by atoms with Gasteiger partial charge in [0.15, 0.2) is 11.5 Å². The predicted octanol–water partition coefficient (Wildman–Crippen LogP) is 2.17. The fourth-order valence-electron chi connectivity index (χ4n) is 2.76. The highest BCUT2D eigenvalue weighted by molar-refractivity contribution is 5.73. The van der Waals surface area contributed by atoms with Crippen LogP contribution in [0, 0.1) is 0 Å². The number of ether oxygens (including phenoxy) is 2. The summed E-state index contributed by atoms with van der Waals surface area (Å²) in [5, 5.41) is 9.97. The van der Waals surface area contributed by atoms with Gasteiger partial charge in [-0.2, -0.15) is 5.10 Å². The Hall–Kier alpha value is -3.55. The second-order valence-electron chi connectivity index (χ2n) is 6.03. The fraction of sp³-hybridized carbons (Fsp3) is 0.211. The maximum atomic E-state index is 12.0. The van der Waals surface area contributed by atoms with E-state index >= 15 is 0 Å². The number of urea groups is 1. The zero-order chi connectivity index (χ0) is 18.5. The Labute approximate surface area is 156 Å².